The van der Waals surface area contributed by atoms with Gasteiger partial charge in [-0.15, -0.1) is 0 Å². The zero-order valence-corrected chi connectivity index (χ0v) is 17.9. The van der Waals surface area contributed by atoms with Crippen molar-refractivity contribution in [3.05, 3.63) is 83.7 Å². The molecule has 0 radical (unpaired) electrons. The summed E-state index contributed by atoms with van der Waals surface area (Å²) in [5.74, 6) is 2.15. The van der Waals surface area contributed by atoms with E-state index in [1.165, 1.54) is 0 Å². The number of aryl methyl sites for hydroxylation is 1. The molecule has 8 nitrogen and oxygen atoms in total. The molecule has 3 aromatic carbocycles. The number of amides is 1. The Labute approximate surface area is 190 Å². The van der Waals surface area contributed by atoms with E-state index in [9.17, 15) is 4.79 Å². The highest BCUT2D eigenvalue weighted by molar-refractivity contribution is 6.06. The molecule has 33 heavy (non-hydrogen) atoms. The molecule has 0 saturated heterocycles. The molecule has 166 valence electrons. The fourth-order valence-corrected chi connectivity index (χ4v) is 3.37. The molecular formula is C25H21N3O5. The lowest BCUT2D eigenvalue weighted by Crippen LogP contribution is -2.17. The number of fused-ring (bicyclic) bond motifs is 1. The van der Waals surface area contributed by atoms with Crippen LogP contribution in [0.2, 0.25) is 0 Å². The minimum atomic E-state index is -0.312. The first-order valence-electron chi connectivity index (χ1n) is 10.5. The van der Waals surface area contributed by atoms with Gasteiger partial charge in [-0.1, -0.05) is 47.1 Å². The van der Waals surface area contributed by atoms with Gasteiger partial charge in [0.05, 0.1) is 5.56 Å². The molecule has 1 N–H and O–H groups in total. The van der Waals surface area contributed by atoms with Crippen molar-refractivity contribution in [2.75, 3.05) is 18.5 Å². The lowest BCUT2D eigenvalue weighted by atomic mass is 10.1. The van der Waals surface area contributed by atoms with Gasteiger partial charge in [-0.2, -0.15) is 4.98 Å². The number of anilines is 1. The quantitative estimate of drug-likeness (QED) is 0.463. The van der Waals surface area contributed by atoms with Crippen molar-refractivity contribution in [1.29, 1.82) is 0 Å². The number of aromatic nitrogens is 2. The molecule has 1 aromatic heterocycles. The fourth-order valence-electron chi connectivity index (χ4n) is 3.37. The lowest BCUT2D eigenvalue weighted by molar-refractivity contribution is 0.102. The number of nitrogens with one attached hydrogen (secondary N) is 1. The average molecular weight is 443 g/mol. The summed E-state index contributed by atoms with van der Waals surface area (Å²) in [5, 5.41) is 6.88. The highest BCUT2D eigenvalue weighted by Crippen LogP contribution is 2.33. The summed E-state index contributed by atoms with van der Waals surface area (Å²) < 4.78 is 22.2. The molecule has 0 unspecified atom stereocenters. The second-order valence-electron chi connectivity index (χ2n) is 7.48. The highest BCUT2D eigenvalue weighted by atomic mass is 16.6. The summed E-state index contributed by atoms with van der Waals surface area (Å²) in [4.78, 5) is 17.3. The molecule has 0 bridgehead atoms. The monoisotopic (exact) mass is 443 g/mol. The minimum Gasteiger partial charge on any atom is -0.486 e. The van der Waals surface area contributed by atoms with Crippen LogP contribution in [-0.4, -0.2) is 29.3 Å². The summed E-state index contributed by atoms with van der Waals surface area (Å²) in [7, 11) is 0. The minimum absolute atomic E-state index is 0.0349. The Morgan fingerprint density at radius 2 is 1.79 bits per heavy atom. The fraction of sp³-hybridized carbons (Fsp3) is 0.160. The van der Waals surface area contributed by atoms with E-state index in [0.29, 0.717) is 53.4 Å². The van der Waals surface area contributed by atoms with Gasteiger partial charge in [-0.25, -0.2) is 0 Å². The van der Waals surface area contributed by atoms with Crippen molar-refractivity contribution in [2.24, 2.45) is 0 Å². The predicted octanol–water partition coefficient (Wildman–Crippen LogP) is 4.65. The molecule has 0 spiro atoms. The first kappa shape index (κ1) is 20.6. The first-order valence-corrected chi connectivity index (χ1v) is 10.5. The molecule has 5 rings (SSSR count). The average Bonchev–Trinajstić information content (AvgIpc) is 3.32. The summed E-state index contributed by atoms with van der Waals surface area (Å²) in [6.45, 7) is 3.03. The number of hydrogen-bond donors (Lipinski definition) is 1. The molecule has 8 heteroatoms. The van der Waals surface area contributed by atoms with Crippen LogP contribution in [0.1, 0.15) is 21.8 Å². The van der Waals surface area contributed by atoms with Crippen LogP contribution in [0.4, 0.5) is 5.69 Å². The third kappa shape index (κ3) is 4.64. The highest BCUT2D eigenvalue weighted by Gasteiger charge is 2.17. The van der Waals surface area contributed by atoms with Gasteiger partial charge in [0.1, 0.15) is 19.0 Å². The Bertz CT molecular complexity index is 1280. The van der Waals surface area contributed by atoms with Crippen LogP contribution >= 0.6 is 0 Å². The Hall–Kier alpha value is -4.33. The van der Waals surface area contributed by atoms with Crippen LogP contribution < -0.4 is 19.5 Å². The third-order valence-corrected chi connectivity index (χ3v) is 5.06. The molecule has 0 aliphatic carbocycles. The van der Waals surface area contributed by atoms with Crippen LogP contribution in [0.25, 0.3) is 11.4 Å². The maximum atomic E-state index is 12.9. The molecule has 1 amide bonds. The van der Waals surface area contributed by atoms with Gasteiger partial charge in [0.25, 0.3) is 11.8 Å². The van der Waals surface area contributed by atoms with Crippen molar-refractivity contribution >= 4 is 11.6 Å². The standard InChI is InChI=1S/C25H21N3O5/c1-16-6-8-17(9-7-16)24-27-23(33-28-24)15-32-20-5-3-2-4-19(20)25(29)26-18-10-11-21-22(14-18)31-13-12-30-21/h2-11,14H,12-13,15H2,1H3,(H,26,29). The van der Waals surface area contributed by atoms with Crippen molar-refractivity contribution in [1.82, 2.24) is 10.1 Å². The zero-order valence-electron chi connectivity index (χ0n) is 17.9. The van der Waals surface area contributed by atoms with Crippen LogP contribution in [-0.2, 0) is 6.61 Å². The number of ether oxygens (including phenoxy) is 3. The van der Waals surface area contributed by atoms with Crippen LogP contribution in [0.3, 0.4) is 0 Å². The van der Waals surface area contributed by atoms with Gasteiger partial charge in [-0.3, -0.25) is 4.79 Å². The Morgan fingerprint density at radius 3 is 2.64 bits per heavy atom. The predicted molar refractivity (Wildman–Crippen MR) is 121 cm³/mol. The van der Waals surface area contributed by atoms with Gasteiger partial charge < -0.3 is 24.1 Å². The van der Waals surface area contributed by atoms with E-state index in [1.807, 2.05) is 31.2 Å². The van der Waals surface area contributed by atoms with Gasteiger partial charge in [0, 0.05) is 17.3 Å². The third-order valence-electron chi connectivity index (χ3n) is 5.06. The molecule has 0 saturated carbocycles. The van der Waals surface area contributed by atoms with E-state index in [-0.39, 0.29) is 12.5 Å². The van der Waals surface area contributed by atoms with Crippen LogP contribution in [0, 0.1) is 6.92 Å². The number of carbonyl (C=O) groups is 1. The van der Waals surface area contributed by atoms with Crippen molar-refractivity contribution < 1.29 is 23.5 Å². The van der Waals surface area contributed by atoms with Gasteiger partial charge in [-0.05, 0) is 31.2 Å². The Kier molecular flexibility index (Phi) is 5.63. The molecule has 2 heterocycles. The number of benzene rings is 3. The van der Waals surface area contributed by atoms with E-state index in [4.69, 9.17) is 18.7 Å². The molecule has 0 atom stereocenters. The maximum Gasteiger partial charge on any atom is 0.264 e. The smallest absolute Gasteiger partial charge is 0.264 e. The number of carbonyl (C=O) groups excluding carboxylic acids is 1. The molecule has 0 fully saturated rings. The van der Waals surface area contributed by atoms with Crippen LogP contribution in [0.15, 0.2) is 71.3 Å². The van der Waals surface area contributed by atoms with E-state index < -0.39 is 0 Å². The van der Waals surface area contributed by atoms with Crippen molar-refractivity contribution in [2.45, 2.75) is 13.5 Å². The van der Waals surface area contributed by atoms with Crippen molar-refractivity contribution in [3.8, 4) is 28.6 Å². The van der Waals surface area contributed by atoms with E-state index in [1.54, 1.807) is 42.5 Å². The summed E-state index contributed by atoms with van der Waals surface area (Å²) in [5.41, 5.74) is 2.98. The van der Waals surface area contributed by atoms with Gasteiger partial charge in [0.2, 0.25) is 5.82 Å². The molecular weight excluding hydrogens is 422 g/mol. The largest absolute Gasteiger partial charge is 0.486 e. The summed E-state index contributed by atoms with van der Waals surface area (Å²) in [6, 6.07) is 20.1. The first-order chi connectivity index (χ1) is 16.2. The summed E-state index contributed by atoms with van der Waals surface area (Å²) in [6.07, 6.45) is 0. The second-order valence-corrected chi connectivity index (χ2v) is 7.48. The maximum absolute atomic E-state index is 12.9. The molecule has 1 aliphatic rings. The van der Waals surface area contributed by atoms with Gasteiger partial charge >= 0.3 is 0 Å². The SMILES string of the molecule is Cc1ccc(-c2noc(COc3ccccc3C(=O)Nc3ccc4c(c3)OCCO4)n2)cc1. The van der Waals surface area contributed by atoms with Crippen molar-refractivity contribution in [3.63, 3.8) is 0 Å². The normalized spacial score (nSPS) is 12.3. The van der Waals surface area contributed by atoms with E-state index in [2.05, 4.69) is 15.5 Å². The summed E-state index contributed by atoms with van der Waals surface area (Å²) >= 11 is 0. The lowest BCUT2D eigenvalue weighted by Gasteiger charge is -2.19. The Morgan fingerprint density at radius 1 is 1.00 bits per heavy atom. The van der Waals surface area contributed by atoms with Crippen LogP contribution in [0.5, 0.6) is 17.2 Å². The number of hydrogen-bond acceptors (Lipinski definition) is 7. The molecule has 4 aromatic rings. The number of para-hydroxylation sites is 1. The van der Waals surface area contributed by atoms with E-state index in [0.717, 1.165) is 11.1 Å². The Balaban J connectivity index is 1.27. The topological polar surface area (TPSA) is 95.7 Å². The zero-order chi connectivity index (χ0) is 22.6. The molecule has 1 aliphatic heterocycles. The van der Waals surface area contributed by atoms with Gasteiger partial charge in [0.15, 0.2) is 18.1 Å². The number of nitrogens with zero attached hydrogens (tertiary/aromatic N) is 2. The van der Waals surface area contributed by atoms with E-state index >= 15 is 0 Å². The number of rotatable bonds is 6. The second kappa shape index (κ2) is 9.04.